The summed E-state index contributed by atoms with van der Waals surface area (Å²) in [4.78, 5) is 1.77. The third kappa shape index (κ3) is 2.66. The number of nitrogens with zero attached hydrogens (tertiary/aromatic N) is 1. The van der Waals surface area contributed by atoms with Gasteiger partial charge in [-0.05, 0) is 26.4 Å². The van der Waals surface area contributed by atoms with Crippen molar-refractivity contribution in [2.75, 3.05) is 20.1 Å². The van der Waals surface area contributed by atoms with Crippen molar-refractivity contribution >= 4 is 0 Å². The molecule has 4 heteroatoms. The minimum Gasteiger partial charge on any atom is -0.306 e. The second-order valence-electron chi connectivity index (χ2n) is 3.50. The molecule has 0 radical (unpaired) electrons. The third-order valence-corrected chi connectivity index (χ3v) is 2.34. The Kier molecular flexibility index (Phi) is 2.99. The Morgan fingerprint density at radius 2 is 1.92 bits per heavy atom. The monoisotopic (exact) mass is 181 g/mol. The van der Waals surface area contributed by atoms with Crippen molar-refractivity contribution in [1.29, 1.82) is 0 Å². The molecule has 1 aliphatic heterocycles. The zero-order chi connectivity index (χ0) is 9.19. The van der Waals surface area contributed by atoms with E-state index in [-0.39, 0.29) is 6.54 Å². The molecule has 1 fully saturated rings. The van der Waals surface area contributed by atoms with Gasteiger partial charge in [-0.1, -0.05) is 6.42 Å². The molecular formula is C8H14F3N. The summed E-state index contributed by atoms with van der Waals surface area (Å²) in [6, 6.07) is 0. The number of likely N-dealkylation sites (tertiary alicyclic amines) is 1. The van der Waals surface area contributed by atoms with E-state index in [1.807, 2.05) is 0 Å². The number of hydrogen-bond acceptors (Lipinski definition) is 1. The van der Waals surface area contributed by atoms with Crippen LogP contribution in [0, 0.1) is 5.92 Å². The van der Waals surface area contributed by atoms with Crippen molar-refractivity contribution in [3.05, 3.63) is 0 Å². The van der Waals surface area contributed by atoms with Crippen LogP contribution in [0.5, 0.6) is 0 Å². The van der Waals surface area contributed by atoms with E-state index in [2.05, 4.69) is 0 Å². The maximum absolute atomic E-state index is 12.3. The summed E-state index contributed by atoms with van der Waals surface area (Å²) >= 11 is 0. The molecule has 0 amide bonds. The highest BCUT2D eigenvalue weighted by atomic mass is 19.4. The lowest BCUT2D eigenvalue weighted by molar-refractivity contribution is -0.178. The van der Waals surface area contributed by atoms with E-state index in [1.54, 1.807) is 11.9 Å². The normalized spacial score (nSPS) is 28.5. The molecule has 0 spiro atoms. The lowest BCUT2D eigenvalue weighted by atomic mass is 10.0. The maximum Gasteiger partial charge on any atom is 0.393 e. The summed E-state index contributed by atoms with van der Waals surface area (Å²) in [6.07, 6.45) is -2.11. The molecule has 1 saturated heterocycles. The van der Waals surface area contributed by atoms with E-state index in [1.165, 1.54) is 0 Å². The van der Waals surface area contributed by atoms with Gasteiger partial charge in [0, 0.05) is 6.54 Å². The van der Waals surface area contributed by atoms with E-state index in [0.717, 1.165) is 13.0 Å². The van der Waals surface area contributed by atoms with Crippen molar-refractivity contribution < 1.29 is 13.2 Å². The van der Waals surface area contributed by atoms with E-state index in [9.17, 15) is 13.2 Å². The third-order valence-electron chi connectivity index (χ3n) is 2.34. The highest BCUT2D eigenvalue weighted by Crippen LogP contribution is 2.32. The number of hydrogen-bond donors (Lipinski definition) is 0. The second kappa shape index (κ2) is 3.64. The van der Waals surface area contributed by atoms with Gasteiger partial charge in [-0.3, -0.25) is 0 Å². The molecule has 1 rings (SSSR count). The van der Waals surface area contributed by atoms with Crippen molar-refractivity contribution in [2.24, 2.45) is 5.92 Å². The molecule has 12 heavy (non-hydrogen) atoms. The van der Waals surface area contributed by atoms with Crippen LogP contribution in [0.1, 0.15) is 19.3 Å². The first-order valence-electron chi connectivity index (χ1n) is 4.25. The van der Waals surface area contributed by atoms with Gasteiger partial charge in [-0.15, -0.1) is 0 Å². The number of alkyl halides is 3. The average Bonchev–Trinajstić information content (AvgIpc) is 2.11. The Morgan fingerprint density at radius 1 is 1.25 bits per heavy atom. The maximum atomic E-state index is 12.3. The minimum absolute atomic E-state index is 0.170. The van der Waals surface area contributed by atoms with Crippen LogP contribution in [-0.2, 0) is 0 Å². The highest BCUT2D eigenvalue weighted by Gasteiger charge is 2.40. The quantitative estimate of drug-likeness (QED) is 0.554. The second-order valence-corrected chi connectivity index (χ2v) is 3.50. The van der Waals surface area contributed by atoms with Gasteiger partial charge in [0.1, 0.15) is 0 Å². The first kappa shape index (κ1) is 9.84. The van der Waals surface area contributed by atoms with Crippen LogP contribution in [0.4, 0.5) is 13.2 Å². The Hall–Kier alpha value is -0.250. The summed E-state index contributed by atoms with van der Waals surface area (Å²) in [7, 11) is 1.75. The van der Waals surface area contributed by atoms with Crippen LogP contribution in [0.15, 0.2) is 0 Å². The molecule has 1 atom stereocenters. The zero-order valence-corrected chi connectivity index (χ0v) is 7.19. The lowest BCUT2D eigenvalue weighted by Crippen LogP contribution is -2.33. The van der Waals surface area contributed by atoms with Crippen LogP contribution < -0.4 is 0 Å². The number of rotatable bonds is 0. The van der Waals surface area contributed by atoms with Crippen molar-refractivity contribution in [2.45, 2.75) is 25.4 Å². The van der Waals surface area contributed by atoms with Crippen LogP contribution in [0.2, 0.25) is 0 Å². The summed E-state index contributed by atoms with van der Waals surface area (Å²) in [5, 5.41) is 0. The van der Waals surface area contributed by atoms with Crippen LogP contribution in [-0.4, -0.2) is 31.2 Å². The van der Waals surface area contributed by atoms with Crippen molar-refractivity contribution in [1.82, 2.24) is 4.90 Å². The fraction of sp³-hybridized carbons (Fsp3) is 1.00. The molecule has 1 aliphatic rings. The Morgan fingerprint density at radius 3 is 2.50 bits per heavy atom. The van der Waals surface area contributed by atoms with Crippen LogP contribution >= 0.6 is 0 Å². The van der Waals surface area contributed by atoms with Crippen molar-refractivity contribution in [3.8, 4) is 0 Å². The first-order valence-corrected chi connectivity index (χ1v) is 4.25. The molecule has 0 saturated carbocycles. The van der Waals surface area contributed by atoms with Gasteiger partial charge in [-0.2, -0.15) is 13.2 Å². The van der Waals surface area contributed by atoms with Gasteiger partial charge in [0.15, 0.2) is 0 Å². The van der Waals surface area contributed by atoms with Gasteiger partial charge in [0.2, 0.25) is 0 Å². The van der Waals surface area contributed by atoms with E-state index >= 15 is 0 Å². The summed E-state index contributed by atoms with van der Waals surface area (Å²) in [5.41, 5.74) is 0. The molecule has 0 bridgehead atoms. The van der Waals surface area contributed by atoms with E-state index in [4.69, 9.17) is 0 Å². The highest BCUT2D eigenvalue weighted by molar-refractivity contribution is 4.74. The summed E-state index contributed by atoms with van der Waals surface area (Å²) in [5.74, 6) is -1.11. The van der Waals surface area contributed by atoms with Gasteiger partial charge < -0.3 is 4.90 Å². The largest absolute Gasteiger partial charge is 0.393 e. The fourth-order valence-electron chi connectivity index (χ4n) is 1.60. The molecule has 0 aromatic rings. The smallest absolute Gasteiger partial charge is 0.306 e. The minimum atomic E-state index is -4.00. The van der Waals surface area contributed by atoms with Gasteiger partial charge in [0.05, 0.1) is 5.92 Å². The Labute approximate surface area is 70.5 Å². The summed E-state index contributed by atoms with van der Waals surface area (Å²) in [6.45, 7) is 0.968. The predicted molar refractivity (Wildman–Crippen MR) is 40.9 cm³/mol. The molecular weight excluding hydrogens is 167 g/mol. The van der Waals surface area contributed by atoms with Gasteiger partial charge >= 0.3 is 6.18 Å². The molecule has 0 aliphatic carbocycles. The number of halogens is 3. The standard InChI is InChI=1S/C8H14F3N/c1-12-5-3-2-4-7(6-12)8(9,10)11/h7H,2-6H2,1H3. The van der Waals surface area contributed by atoms with Crippen LogP contribution in [0.25, 0.3) is 0 Å². The molecule has 72 valence electrons. The molecule has 1 nitrogen and oxygen atoms in total. The molecule has 0 aromatic heterocycles. The topological polar surface area (TPSA) is 3.24 Å². The van der Waals surface area contributed by atoms with Gasteiger partial charge in [-0.25, -0.2) is 0 Å². The van der Waals surface area contributed by atoms with Gasteiger partial charge in [0.25, 0.3) is 0 Å². The fourth-order valence-corrected chi connectivity index (χ4v) is 1.60. The molecule has 1 heterocycles. The average molecular weight is 181 g/mol. The predicted octanol–water partition coefficient (Wildman–Crippen LogP) is 2.28. The Bertz CT molecular complexity index is 144. The molecule has 0 N–H and O–H groups in total. The molecule has 0 aromatic carbocycles. The summed E-state index contributed by atoms with van der Waals surface area (Å²) < 4.78 is 36.8. The van der Waals surface area contributed by atoms with E-state index in [0.29, 0.717) is 12.8 Å². The van der Waals surface area contributed by atoms with Crippen molar-refractivity contribution in [3.63, 3.8) is 0 Å². The van der Waals surface area contributed by atoms with E-state index < -0.39 is 12.1 Å². The Balaban J connectivity index is 2.52. The molecule has 1 unspecified atom stereocenters. The lowest BCUT2D eigenvalue weighted by Gasteiger charge is -2.21. The zero-order valence-electron chi connectivity index (χ0n) is 7.19. The SMILES string of the molecule is CN1CCCCC(C(F)(F)F)C1. The first-order chi connectivity index (χ1) is 5.50. The van der Waals surface area contributed by atoms with Crippen LogP contribution in [0.3, 0.4) is 0 Å².